The second-order valence-corrected chi connectivity index (χ2v) is 5.72. The van der Waals surface area contributed by atoms with Crippen LogP contribution < -0.4 is 10.1 Å². The van der Waals surface area contributed by atoms with Crippen molar-refractivity contribution >= 4 is 0 Å². The fraction of sp³-hybridized carbons (Fsp3) is 0.625. The molecule has 4 nitrogen and oxygen atoms in total. The Balaban J connectivity index is 2.13. The number of piperazine rings is 1. The molecule has 1 unspecified atom stereocenters. The fourth-order valence-corrected chi connectivity index (χ4v) is 2.61. The minimum atomic E-state index is -0.498. The SMILES string of the molecule is COc1ccc(C(C)C)cc1C(O)CN1CCNCC1. The average molecular weight is 278 g/mol. The summed E-state index contributed by atoms with van der Waals surface area (Å²) in [5.41, 5.74) is 2.14. The van der Waals surface area contributed by atoms with Gasteiger partial charge in [-0.15, -0.1) is 0 Å². The van der Waals surface area contributed by atoms with Crippen LogP contribution >= 0.6 is 0 Å². The summed E-state index contributed by atoms with van der Waals surface area (Å²) in [5, 5.41) is 13.9. The summed E-state index contributed by atoms with van der Waals surface area (Å²) in [6.45, 7) is 8.96. The lowest BCUT2D eigenvalue weighted by Gasteiger charge is -2.29. The zero-order chi connectivity index (χ0) is 14.5. The van der Waals surface area contributed by atoms with E-state index in [0.29, 0.717) is 12.5 Å². The van der Waals surface area contributed by atoms with Gasteiger partial charge in [0.15, 0.2) is 0 Å². The maximum Gasteiger partial charge on any atom is 0.124 e. The highest BCUT2D eigenvalue weighted by molar-refractivity contribution is 5.40. The number of hydrogen-bond donors (Lipinski definition) is 2. The van der Waals surface area contributed by atoms with Crippen molar-refractivity contribution in [1.82, 2.24) is 10.2 Å². The summed E-state index contributed by atoms with van der Waals surface area (Å²) in [7, 11) is 1.66. The molecule has 0 saturated carbocycles. The van der Waals surface area contributed by atoms with Gasteiger partial charge in [-0.25, -0.2) is 0 Å². The Morgan fingerprint density at radius 1 is 1.30 bits per heavy atom. The molecule has 1 aliphatic rings. The zero-order valence-corrected chi connectivity index (χ0v) is 12.7. The van der Waals surface area contributed by atoms with Crippen LogP contribution in [0, 0.1) is 0 Å². The van der Waals surface area contributed by atoms with E-state index in [1.807, 2.05) is 6.07 Å². The van der Waals surface area contributed by atoms with E-state index in [2.05, 4.69) is 36.2 Å². The smallest absolute Gasteiger partial charge is 0.124 e. The number of nitrogens with one attached hydrogen (secondary N) is 1. The minimum Gasteiger partial charge on any atom is -0.496 e. The molecule has 1 saturated heterocycles. The van der Waals surface area contributed by atoms with E-state index in [4.69, 9.17) is 4.74 Å². The zero-order valence-electron chi connectivity index (χ0n) is 12.7. The third-order valence-electron chi connectivity index (χ3n) is 3.92. The molecule has 20 heavy (non-hydrogen) atoms. The second-order valence-electron chi connectivity index (χ2n) is 5.72. The van der Waals surface area contributed by atoms with E-state index < -0.39 is 6.10 Å². The molecule has 0 radical (unpaired) electrons. The highest BCUT2D eigenvalue weighted by Crippen LogP contribution is 2.29. The highest BCUT2D eigenvalue weighted by atomic mass is 16.5. The quantitative estimate of drug-likeness (QED) is 0.861. The first-order chi connectivity index (χ1) is 9.61. The summed E-state index contributed by atoms with van der Waals surface area (Å²) in [6, 6.07) is 6.12. The Morgan fingerprint density at radius 3 is 2.60 bits per heavy atom. The first-order valence-electron chi connectivity index (χ1n) is 7.40. The third-order valence-corrected chi connectivity index (χ3v) is 3.92. The van der Waals surface area contributed by atoms with Crippen molar-refractivity contribution in [1.29, 1.82) is 0 Å². The molecule has 2 N–H and O–H groups in total. The Labute approximate surface area is 121 Å². The minimum absolute atomic E-state index is 0.450. The topological polar surface area (TPSA) is 44.7 Å². The van der Waals surface area contributed by atoms with Gasteiger partial charge in [-0.2, -0.15) is 0 Å². The lowest BCUT2D eigenvalue weighted by atomic mass is 9.97. The summed E-state index contributed by atoms with van der Waals surface area (Å²) >= 11 is 0. The van der Waals surface area contributed by atoms with Crippen LogP contribution in [0.4, 0.5) is 0 Å². The standard InChI is InChI=1S/C16H26N2O2/c1-12(2)13-4-5-16(20-3)14(10-13)15(19)11-18-8-6-17-7-9-18/h4-5,10,12,15,17,19H,6-9,11H2,1-3H3. The van der Waals surface area contributed by atoms with Crippen LogP contribution in [-0.4, -0.2) is 49.8 Å². The number of nitrogens with zero attached hydrogens (tertiary/aromatic N) is 1. The Hall–Kier alpha value is -1.10. The van der Waals surface area contributed by atoms with Gasteiger partial charge in [0.2, 0.25) is 0 Å². The van der Waals surface area contributed by atoms with E-state index in [1.165, 1.54) is 5.56 Å². The van der Waals surface area contributed by atoms with Crippen LogP contribution in [0.1, 0.15) is 37.0 Å². The van der Waals surface area contributed by atoms with Crippen LogP contribution in [0.25, 0.3) is 0 Å². The Morgan fingerprint density at radius 2 is 2.00 bits per heavy atom. The van der Waals surface area contributed by atoms with E-state index >= 15 is 0 Å². The van der Waals surface area contributed by atoms with E-state index in [-0.39, 0.29) is 0 Å². The van der Waals surface area contributed by atoms with Gasteiger partial charge in [0.25, 0.3) is 0 Å². The first kappa shape index (κ1) is 15.3. The average Bonchev–Trinajstić information content (AvgIpc) is 2.47. The predicted molar refractivity (Wildman–Crippen MR) is 81.4 cm³/mol. The summed E-state index contributed by atoms with van der Waals surface area (Å²) in [5.74, 6) is 1.23. The van der Waals surface area contributed by atoms with Gasteiger partial charge < -0.3 is 15.2 Å². The molecule has 4 heteroatoms. The number of rotatable bonds is 5. The fourth-order valence-electron chi connectivity index (χ4n) is 2.61. The molecular formula is C16H26N2O2. The monoisotopic (exact) mass is 278 g/mol. The van der Waals surface area contributed by atoms with Crippen molar-refractivity contribution in [3.63, 3.8) is 0 Å². The number of aliphatic hydroxyl groups is 1. The highest BCUT2D eigenvalue weighted by Gasteiger charge is 2.19. The maximum absolute atomic E-state index is 10.5. The molecule has 1 heterocycles. The number of hydrogen-bond acceptors (Lipinski definition) is 4. The predicted octanol–water partition coefficient (Wildman–Crippen LogP) is 1.76. The number of methoxy groups -OCH3 is 1. The van der Waals surface area contributed by atoms with Crippen LogP contribution in [0.5, 0.6) is 5.75 Å². The normalized spacial score (nSPS) is 18.2. The number of β-amino-alcohol motifs (C(OH)–C–C–N with tert-alkyl or cyclic N) is 1. The lowest BCUT2D eigenvalue weighted by Crippen LogP contribution is -2.45. The van der Waals surface area contributed by atoms with Crippen molar-refractivity contribution in [2.75, 3.05) is 39.8 Å². The summed E-state index contributed by atoms with van der Waals surface area (Å²) in [6.07, 6.45) is -0.498. The van der Waals surface area contributed by atoms with Crippen LogP contribution in [-0.2, 0) is 0 Å². The number of ether oxygens (including phenoxy) is 1. The van der Waals surface area contributed by atoms with Crippen LogP contribution in [0.3, 0.4) is 0 Å². The number of aliphatic hydroxyl groups excluding tert-OH is 1. The third kappa shape index (κ3) is 3.72. The second kappa shape index (κ2) is 7.07. The molecule has 2 rings (SSSR count). The van der Waals surface area contributed by atoms with Crippen LogP contribution in [0.15, 0.2) is 18.2 Å². The molecule has 1 atom stereocenters. The van der Waals surface area contributed by atoms with E-state index in [9.17, 15) is 5.11 Å². The molecule has 0 amide bonds. The van der Waals surface area contributed by atoms with Gasteiger partial charge in [-0.05, 0) is 23.6 Å². The molecule has 0 spiro atoms. The van der Waals surface area contributed by atoms with Gasteiger partial charge in [-0.1, -0.05) is 19.9 Å². The lowest BCUT2D eigenvalue weighted by molar-refractivity contribution is 0.103. The molecule has 1 aliphatic heterocycles. The Kier molecular flexibility index (Phi) is 5.40. The van der Waals surface area contributed by atoms with Crippen molar-refractivity contribution in [3.05, 3.63) is 29.3 Å². The van der Waals surface area contributed by atoms with Gasteiger partial charge in [-0.3, -0.25) is 4.90 Å². The van der Waals surface area contributed by atoms with Crippen molar-refractivity contribution in [2.24, 2.45) is 0 Å². The molecule has 1 fully saturated rings. The molecule has 1 aromatic carbocycles. The molecule has 112 valence electrons. The van der Waals surface area contributed by atoms with Crippen molar-refractivity contribution in [3.8, 4) is 5.75 Å². The van der Waals surface area contributed by atoms with Crippen molar-refractivity contribution in [2.45, 2.75) is 25.9 Å². The Bertz CT molecular complexity index is 428. The van der Waals surface area contributed by atoms with E-state index in [0.717, 1.165) is 37.5 Å². The molecule has 0 bridgehead atoms. The molecular weight excluding hydrogens is 252 g/mol. The van der Waals surface area contributed by atoms with Gasteiger partial charge in [0.1, 0.15) is 5.75 Å². The number of benzene rings is 1. The molecule has 0 aliphatic carbocycles. The summed E-state index contributed by atoms with van der Waals surface area (Å²) < 4.78 is 5.40. The van der Waals surface area contributed by atoms with Gasteiger partial charge in [0, 0.05) is 38.3 Å². The van der Waals surface area contributed by atoms with E-state index in [1.54, 1.807) is 7.11 Å². The maximum atomic E-state index is 10.5. The molecule has 1 aromatic rings. The van der Waals surface area contributed by atoms with Gasteiger partial charge >= 0.3 is 0 Å². The first-order valence-corrected chi connectivity index (χ1v) is 7.40. The largest absolute Gasteiger partial charge is 0.496 e. The summed E-state index contributed by atoms with van der Waals surface area (Å²) in [4.78, 5) is 2.29. The van der Waals surface area contributed by atoms with Crippen LogP contribution in [0.2, 0.25) is 0 Å². The molecule has 0 aromatic heterocycles. The van der Waals surface area contributed by atoms with Gasteiger partial charge in [0.05, 0.1) is 13.2 Å². The van der Waals surface area contributed by atoms with Crippen molar-refractivity contribution < 1.29 is 9.84 Å².